The fourth-order valence-corrected chi connectivity index (χ4v) is 3.77. The summed E-state index contributed by atoms with van der Waals surface area (Å²) in [6.45, 7) is 11.8. The van der Waals surface area contributed by atoms with Crippen LogP contribution in [0.1, 0.15) is 5.56 Å². The molecule has 0 aliphatic heterocycles. The number of carbonyl (C=O) groups excluding carboxylic acids is 1. The summed E-state index contributed by atoms with van der Waals surface area (Å²) in [5.74, 6) is -0.467. The molecule has 0 aliphatic carbocycles. The van der Waals surface area contributed by atoms with Crippen LogP contribution in [0.2, 0.25) is 0 Å². The van der Waals surface area contributed by atoms with Gasteiger partial charge in [0.1, 0.15) is 6.61 Å². The Morgan fingerprint density at radius 2 is 0.881 bits per heavy atom. The van der Waals surface area contributed by atoms with Gasteiger partial charge in [-0.2, -0.15) is 8.42 Å². The van der Waals surface area contributed by atoms with Gasteiger partial charge < -0.3 is 42.6 Å². The zero-order valence-corrected chi connectivity index (χ0v) is 25.4. The van der Waals surface area contributed by atoms with Crippen LogP contribution >= 0.6 is 0 Å². The molecule has 0 spiro atoms. The number of benzene rings is 1. The van der Waals surface area contributed by atoms with Crippen molar-refractivity contribution in [3.8, 4) is 0 Å². The van der Waals surface area contributed by atoms with Gasteiger partial charge in [0.15, 0.2) is 0 Å². The third-order valence-electron chi connectivity index (χ3n) is 5.02. The van der Waals surface area contributed by atoms with Gasteiger partial charge in [-0.1, -0.05) is 24.3 Å². The largest absolute Gasteiger partial charge is 0.460 e. The second-order valence-electron chi connectivity index (χ2n) is 8.36. The van der Waals surface area contributed by atoms with E-state index in [0.29, 0.717) is 99.1 Å². The molecule has 0 radical (unpaired) electrons. The van der Waals surface area contributed by atoms with E-state index in [4.69, 9.17) is 46.8 Å². The molecule has 242 valence electrons. The SMILES string of the molecule is C=CC(=O)OCCOCCOCCOCCOCCOCCOCCOCCOCCOS(=O)(=O)c1ccc(C)cc1. The fourth-order valence-electron chi connectivity index (χ4n) is 2.88. The van der Waals surface area contributed by atoms with Crippen LogP contribution in [0, 0.1) is 6.92 Å². The number of hydrogen-bond acceptors (Lipinski definition) is 13. The number of carbonyl (C=O) groups is 1. The van der Waals surface area contributed by atoms with E-state index in [1.54, 1.807) is 12.1 Å². The first kappa shape index (κ1) is 38.0. The monoisotopic (exact) mass is 622 g/mol. The van der Waals surface area contributed by atoms with E-state index >= 15 is 0 Å². The summed E-state index contributed by atoms with van der Waals surface area (Å²) >= 11 is 0. The van der Waals surface area contributed by atoms with Gasteiger partial charge >= 0.3 is 5.97 Å². The summed E-state index contributed by atoms with van der Waals surface area (Å²) in [6, 6.07) is 6.46. The first-order valence-corrected chi connectivity index (χ1v) is 15.2. The van der Waals surface area contributed by atoms with Crippen LogP contribution < -0.4 is 0 Å². The van der Waals surface area contributed by atoms with Crippen LogP contribution in [0.25, 0.3) is 0 Å². The Kier molecular flexibility index (Phi) is 24.1. The Morgan fingerprint density at radius 3 is 1.21 bits per heavy atom. The fraction of sp³-hybridized carbons (Fsp3) is 0.679. The summed E-state index contributed by atoms with van der Waals surface area (Å²) in [5, 5.41) is 0. The molecule has 0 fully saturated rings. The van der Waals surface area contributed by atoms with Gasteiger partial charge in [-0.25, -0.2) is 4.79 Å². The number of rotatable bonds is 30. The lowest BCUT2D eigenvalue weighted by Crippen LogP contribution is -2.15. The highest BCUT2D eigenvalue weighted by molar-refractivity contribution is 7.86. The third-order valence-corrected chi connectivity index (χ3v) is 6.35. The molecular formula is C28H46O13S. The molecule has 14 heteroatoms. The molecule has 0 saturated carbocycles. The lowest BCUT2D eigenvalue weighted by Gasteiger charge is -2.09. The molecule has 0 saturated heterocycles. The summed E-state index contributed by atoms with van der Waals surface area (Å²) in [4.78, 5) is 10.9. The summed E-state index contributed by atoms with van der Waals surface area (Å²) in [6.07, 6.45) is 1.11. The maximum absolute atomic E-state index is 12.1. The molecule has 0 heterocycles. The van der Waals surface area contributed by atoms with Crippen molar-refractivity contribution in [3.63, 3.8) is 0 Å². The summed E-state index contributed by atoms with van der Waals surface area (Å²) in [5.41, 5.74) is 0.972. The van der Waals surface area contributed by atoms with Crippen LogP contribution in [0.5, 0.6) is 0 Å². The van der Waals surface area contributed by atoms with E-state index < -0.39 is 16.1 Å². The molecule has 1 aromatic rings. The van der Waals surface area contributed by atoms with Crippen molar-refractivity contribution in [1.29, 1.82) is 0 Å². The predicted octanol–water partition coefficient (Wildman–Crippen LogP) is 1.56. The smallest absolute Gasteiger partial charge is 0.330 e. The van der Waals surface area contributed by atoms with Crippen LogP contribution in [-0.2, 0) is 61.7 Å². The first-order valence-electron chi connectivity index (χ1n) is 13.8. The van der Waals surface area contributed by atoms with Crippen molar-refractivity contribution in [2.45, 2.75) is 11.8 Å². The van der Waals surface area contributed by atoms with Crippen molar-refractivity contribution < 1.29 is 60.0 Å². The minimum absolute atomic E-state index is 0.0633. The van der Waals surface area contributed by atoms with Crippen molar-refractivity contribution in [2.75, 3.05) is 119 Å². The Labute approximate surface area is 249 Å². The van der Waals surface area contributed by atoms with Crippen LogP contribution in [0.15, 0.2) is 41.8 Å². The number of hydrogen-bond donors (Lipinski definition) is 0. The Bertz CT molecular complexity index is 894. The molecule has 0 aliphatic rings. The number of aryl methyl sites for hydroxylation is 1. The molecule has 0 aromatic heterocycles. The third kappa shape index (κ3) is 22.6. The Hall–Kier alpha value is -1.98. The summed E-state index contributed by atoms with van der Waals surface area (Å²) < 4.78 is 76.9. The van der Waals surface area contributed by atoms with Gasteiger partial charge in [-0.15, -0.1) is 0 Å². The van der Waals surface area contributed by atoms with Crippen LogP contribution in [-0.4, -0.2) is 133 Å². The first-order chi connectivity index (χ1) is 20.5. The normalized spacial score (nSPS) is 11.5. The molecule has 0 amide bonds. The minimum atomic E-state index is -3.77. The van der Waals surface area contributed by atoms with E-state index in [1.165, 1.54) is 12.1 Å². The van der Waals surface area contributed by atoms with Crippen molar-refractivity contribution >= 4 is 16.1 Å². The average Bonchev–Trinajstić information content (AvgIpc) is 2.98. The van der Waals surface area contributed by atoms with Gasteiger partial charge in [0, 0.05) is 6.08 Å². The zero-order chi connectivity index (χ0) is 30.6. The lowest BCUT2D eigenvalue weighted by molar-refractivity contribution is -0.139. The molecule has 13 nitrogen and oxygen atoms in total. The zero-order valence-electron chi connectivity index (χ0n) is 24.5. The van der Waals surface area contributed by atoms with E-state index in [-0.39, 0.29) is 24.7 Å². The van der Waals surface area contributed by atoms with Crippen molar-refractivity contribution in [3.05, 3.63) is 42.5 Å². The second-order valence-corrected chi connectivity index (χ2v) is 9.98. The average molecular weight is 623 g/mol. The van der Waals surface area contributed by atoms with Gasteiger partial charge in [-0.05, 0) is 19.1 Å². The topological polar surface area (TPSA) is 144 Å². The molecule has 42 heavy (non-hydrogen) atoms. The van der Waals surface area contributed by atoms with E-state index in [0.717, 1.165) is 11.6 Å². The van der Waals surface area contributed by atoms with Crippen molar-refractivity contribution in [2.24, 2.45) is 0 Å². The van der Waals surface area contributed by atoms with Gasteiger partial charge in [-0.3, -0.25) is 4.18 Å². The molecule has 1 aromatic carbocycles. The van der Waals surface area contributed by atoms with E-state index in [1.807, 2.05) is 6.92 Å². The highest BCUT2D eigenvalue weighted by atomic mass is 32.2. The lowest BCUT2D eigenvalue weighted by atomic mass is 10.2. The van der Waals surface area contributed by atoms with Crippen molar-refractivity contribution in [1.82, 2.24) is 0 Å². The molecule has 1 rings (SSSR count). The minimum Gasteiger partial charge on any atom is -0.460 e. The van der Waals surface area contributed by atoms with Gasteiger partial charge in [0.25, 0.3) is 10.1 Å². The Morgan fingerprint density at radius 1 is 0.571 bits per heavy atom. The molecular weight excluding hydrogens is 576 g/mol. The Balaban J connectivity index is 1.71. The summed E-state index contributed by atoms with van der Waals surface area (Å²) in [7, 11) is -3.77. The van der Waals surface area contributed by atoms with Crippen LogP contribution in [0.4, 0.5) is 0 Å². The quantitative estimate of drug-likeness (QED) is 0.0530. The van der Waals surface area contributed by atoms with Gasteiger partial charge in [0.2, 0.25) is 0 Å². The van der Waals surface area contributed by atoms with E-state index in [2.05, 4.69) is 6.58 Å². The van der Waals surface area contributed by atoms with Gasteiger partial charge in [0.05, 0.1) is 117 Å². The van der Waals surface area contributed by atoms with Crippen LogP contribution in [0.3, 0.4) is 0 Å². The molecule has 0 bridgehead atoms. The maximum Gasteiger partial charge on any atom is 0.330 e. The highest BCUT2D eigenvalue weighted by Crippen LogP contribution is 2.12. The number of ether oxygens (including phenoxy) is 9. The maximum atomic E-state index is 12.1. The predicted molar refractivity (Wildman–Crippen MR) is 152 cm³/mol. The standard InChI is InChI=1S/C28H46O13S/c1-3-28(29)40-24-22-38-20-18-36-16-14-34-12-10-32-8-9-33-11-13-35-15-17-37-19-21-39-23-25-41-42(30,31)27-6-4-26(2)5-7-27/h3-7H,1,8-25H2,2H3. The number of esters is 1. The molecule has 0 atom stereocenters. The molecule has 0 N–H and O–H groups in total. The highest BCUT2D eigenvalue weighted by Gasteiger charge is 2.14. The second kappa shape index (κ2) is 26.6. The van der Waals surface area contributed by atoms with E-state index in [9.17, 15) is 13.2 Å². The molecule has 0 unspecified atom stereocenters.